The average Bonchev–Trinajstić information content (AvgIpc) is 3.56. The average molecular weight is 487 g/mol. The summed E-state index contributed by atoms with van der Waals surface area (Å²) in [5.74, 6) is 0.678. The molecule has 1 aromatic carbocycles. The van der Waals surface area contributed by atoms with Gasteiger partial charge in [-0.1, -0.05) is 26.0 Å². The molecule has 0 spiro atoms. The molecule has 0 unspecified atom stereocenters. The van der Waals surface area contributed by atoms with E-state index in [9.17, 15) is 0 Å². The van der Waals surface area contributed by atoms with E-state index in [1.807, 2.05) is 36.7 Å². The molecular weight excluding hydrogens is 460 g/mol. The van der Waals surface area contributed by atoms with Crippen molar-refractivity contribution in [3.63, 3.8) is 0 Å². The van der Waals surface area contributed by atoms with Crippen molar-refractivity contribution in [3.05, 3.63) is 85.7 Å². The minimum atomic E-state index is 0.678. The number of unbranched alkanes of at least 4 members (excludes halogenated alkanes) is 1. The summed E-state index contributed by atoms with van der Waals surface area (Å²) in [4.78, 5) is 21.6. The van der Waals surface area contributed by atoms with E-state index in [-0.39, 0.29) is 0 Å². The number of benzene rings is 1. The van der Waals surface area contributed by atoms with Crippen LogP contribution in [0.15, 0.2) is 85.7 Å². The Hall–Kier alpha value is -4.85. The fourth-order valence-electron chi connectivity index (χ4n) is 4.46. The number of aromatic amines is 2. The van der Waals surface area contributed by atoms with Crippen molar-refractivity contribution in [2.75, 3.05) is 5.32 Å². The predicted molar refractivity (Wildman–Crippen MR) is 148 cm³/mol. The van der Waals surface area contributed by atoms with E-state index in [0.29, 0.717) is 5.82 Å². The first-order valence-corrected chi connectivity index (χ1v) is 12.3. The molecule has 5 aromatic heterocycles. The first-order chi connectivity index (χ1) is 18.2. The smallest absolute Gasteiger partial charge is 0.159 e. The topological polar surface area (TPSA) is 108 Å². The van der Waals surface area contributed by atoms with Crippen molar-refractivity contribution in [2.45, 2.75) is 26.2 Å². The second-order valence-corrected chi connectivity index (χ2v) is 9.01. The third-order valence-corrected chi connectivity index (χ3v) is 6.35. The lowest BCUT2D eigenvalue weighted by atomic mass is 10.0. The van der Waals surface area contributed by atoms with E-state index in [4.69, 9.17) is 4.98 Å². The number of H-pyrrole nitrogens is 2. The molecule has 0 aliphatic carbocycles. The van der Waals surface area contributed by atoms with Crippen LogP contribution >= 0.6 is 0 Å². The van der Waals surface area contributed by atoms with Crippen LogP contribution in [0, 0.1) is 0 Å². The molecule has 8 heteroatoms. The zero-order valence-corrected chi connectivity index (χ0v) is 20.5. The van der Waals surface area contributed by atoms with E-state index < -0.39 is 0 Å². The molecular formula is C29H26N8. The maximum absolute atomic E-state index is 4.89. The Balaban J connectivity index is 1.37. The largest absolute Gasteiger partial charge is 0.358 e. The van der Waals surface area contributed by atoms with Gasteiger partial charge in [0.25, 0.3) is 0 Å². The molecule has 6 aromatic rings. The van der Waals surface area contributed by atoms with Gasteiger partial charge < -0.3 is 10.3 Å². The van der Waals surface area contributed by atoms with Gasteiger partial charge in [-0.3, -0.25) is 20.1 Å². The van der Waals surface area contributed by atoms with Gasteiger partial charge in [-0.25, -0.2) is 4.98 Å². The van der Waals surface area contributed by atoms with Crippen LogP contribution in [-0.4, -0.2) is 35.1 Å². The van der Waals surface area contributed by atoms with Crippen LogP contribution in [0.5, 0.6) is 0 Å². The molecule has 0 saturated heterocycles. The predicted octanol–water partition coefficient (Wildman–Crippen LogP) is 6.74. The number of pyridine rings is 3. The fourth-order valence-corrected chi connectivity index (χ4v) is 4.46. The monoisotopic (exact) mass is 486 g/mol. The van der Waals surface area contributed by atoms with Gasteiger partial charge in [-0.2, -0.15) is 5.10 Å². The van der Waals surface area contributed by atoms with Gasteiger partial charge >= 0.3 is 0 Å². The summed E-state index contributed by atoms with van der Waals surface area (Å²) < 4.78 is 0. The first kappa shape index (κ1) is 22.6. The highest BCUT2D eigenvalue weighted by Gasteiger charge is 2.16. The highest BCUT2D eigenvalue weighted by atomic mass is 15.1. The van der Waals surface area contributed by atoms with E-state index in [2.05, 4.69) is 67.2 Å². The van der Waals surface area contributed by atoms with Crippen LogP contribution in [0.4, 0.5) is 5.69 Å². The van der Waals surface area contributed by atoms with Crippen LogP contribution in [0.1, 0.15) is 26.2 Å². The summed E-state index contributed by atoms with van der Waals surface area (Å²) in [7, 11) is 0. The van der Waals surface area contributed by atoms with Crippen molar-refractivity contribution in [2.24, 2.45) is 0 Å². The number of hydrogen-bond acceptors (Lipinski definition) is 6. The third-order valence-electron chi connectivity index (χ3n) is 6.35. The van der Waals surface area contributed by atoms with Crippen molar-refractivity contribution in [1.82, 2.24) is 35.1 Å². The van der Waals surface area contributed by atoms with Crippen LogP contribution in [0.25, 0.3) is 55.8 Å². The number of hydrogen-bond donors (Lipinski definition) is 3. The molecule has 0 aliphatic heterocycles. The lowest BCUT2D eigenvalue weighted by Gasteiger charge is -2.10. The van der Waals surface area contributed by atoms with Gasteiger partial charge in [0, 0.05) is 47.0 Å². The molecule has 3 N–H and O–H groups in total. The second-order valence-electron chi connectivity index (χ2n) is 9.01. The number of nitrogens with zero attached hydrogens (tertiary/aromatic N) is 5. The summed E-state index contributed by atoms with van der Waals surface area (Å²) >= 11 is 0. The third kappa shape index (κ3) is 4.45. The molecule has 0 saturated carbocycles. The Morgan fingerprint density at radius 3 is 2.70 bits per heavy atom. The number of imidazole rings is 1. The lowest BCUT2D eigenvalue weighted by Crippen LogP contribution is -1.98. The first-order valence-electron chi connectivity index (χ1n) is 12.3. The molecule has 5 heterocycles. The van der Waals surface area contributed by atoms with Crippen LogP contribution in [0.3, 0.4) is 0 Å². The molecule has 0 aliphatic rings. The number of anilines is 1. The summed E-state index contributed by atoms with van der Waals surface area (Å²) in [6.45, 7) is 6.32. The van der Waals surface area contributed by atoms with Crippen LogP contribution in [0.2, 0.25) is 0 Å². The second kappa shape index (κ2) is 9.66. The Kier molecular flexibility index (Phi) is 5.90. The van der Waals surface area contributed by atoms with Gasteiger partial charge in [-0.05, 0) is 54.8 Å². The van der Waals surface area contributed by atoms with Gasteiger partial charge in [-0.15, -0.1) is 0 Å². The molecule has 0 fully saturated rings. The summed E-state index contributed by atoms with van der Waals surface area (Å²) in [5.41, 5.74) is 9.03. The van der Waals surface area contributed by atoms with Crippen molar-refractivity contribution >= 4 is 27.6 Å². The number of fused-ring (bicyclic) bond motifs is 2. The van der Waals surface area contributed by atoms with E-state index in [0.717, 1.165) is 80.7 Å². The van der Waals surface area contributed by atoms with E-state index in [1.54, 1.807) is 18.6 Å². The molecule has 182 valence electrons. The minimum Gasteiger partial charge on any atom is -0.358 e. The minimum absolute atomic E-state index is 0.678. The Bertz CT molecular complexity index is 1710. The normalized spacial score (nSPS) is 11.3. The lowest BCUT2D eigenvalue weighted by molar-refractivity contribution is 0.791. The van der Waals surface area contributed by atoms with Crippen LogP contribution in [-0.2, 0) is 0 Å². The molecule has 8 nitrogen and oxygen atoms in total. The maximum atomic E-state index is 4.89. The number of aromatic nitrogens is 7. The van der Waals surface area contributed by atoms with E-state index in [1.165, 1.54) is 0 Å². The molecule has 0 radical (unpaired) electrons. The zero-order chi connectivity index (χ0) is 25.2. The van der Waals surface area contributed by atoms with Gasteiger partial charge in [0.2, 0.25) is 0 Å². The number of nitrogens with one attached hydrogen (secondary N) is 3. The van der Waals surface area contributed by atoms with Gasteiger partial charge in [0.1, 0.15) is 11.2 Å². The van der Waals surface area contributed by atoms with Gasteiger partial charge in [0.15, 0.2) is 5.82 Å². The van der Waals surface area contributed by atoms with E-state index >= 15 is 0 Å². The van der Waals surface area contributed by atoms with Crippen molar-refractivity contribution < 1.29 is 0 Å². The Morgan fingerprint density at radius 1 is 0.919 bits per heavy atom. The summed E-state index contributed by atoms with van der Waals surface area (Å²) in [6.07, 6.45) is 12.2. The summed E-state index contributed by atoms with van der Waals surface area (Å²) in [5, 5.41) is 12.1. The molecule has 37 heavy (non-hydrogen) atoms. The number of allylic oxidation sites excluding steroid dienone is 1. The molecule has 0 atom stereocenters. The fraction of sp³-hybridized carbons (Fsp3) is 0.138. The molecule has 0 amide bonds. The standard InChI is InChI=1S/C29H26N8/c1-3-4-6-18(2)33-22-13-21(16-31-17-22)19-8-9-24-23(14-19)27(37-36-24)29-34-25-10-12-32-26(28(25)35-29)20-7-5-11-30-15-20/h5,7-17,33H,2-4,6H2,1H3,(H,34,35)(H,36,37). The van der Waals surface area contributed by atoms with Gasteiger partial charge in [0.05, 0.1) is 28.6 Å². The summed E-state index contributed by atoms with van der Waals surface area (Å²) in [6, 6.07) is 14.1. The highest BCUT2D eigenvalue weighted by molar-refractivity contribution is 5.97. The maximum Gasteiger partial charge on any atom is 0.159 e. The van der Waals surface area contributed by atoms with Crippen LogP contribution < -0.4 is 5.32 Å². The quantitative estimate of drug-likeness (QED) is 0.220. The highest BCUT2D eigenvalue weighted by Crippen LogP contribution is 2.32. The number of rotatable bonds is 8. The zero-order valence-electron chi connectivity index (χ0n) is 20.5. The Morgan fingerprint density at radius 2 is 1.84 bits per heavy atom. The SMILES string of the molecule is C=C(CCCC)Nc1cncc(-c2ccc3[nH]nc(-c4nc5c(-c6cccnc6)nccc5[nH]4)c3c2)c1. The molecule has 6 rings (SSSR count). The molecule has 0 bridgehead atoms. The van der Waals surface area contributed by atoms with Crippen molar-refractivity contribution in [3.8, 4) is 33.9 Å². The Labute approximate surface area is 214 Å². The van der Waals surface area contributed by atoms with Crippen molar-refractivity contribution in [1.29, 1.82) is 0 Å².